The van der Waals surface area contributed by atoms with Crippen LogP contribution in [0, 0.1) is 6.92 Å². The number of hydrogen-bond acceptors (Lipinski definition) is 7. The zero-order valence-electron chi connectivity index (χ0n) is 34.7. The van der Waals surface area contributed by atoms with Crippen molar-refractivity contribution in [3.63, 3.8) is 0 Å². The van der Waals surface area contributed by atoms with Crippen molar-refractivity contribution in [1.82, 2.24) is 24.9 Å². The first-order valence-electron chi connectivity index (χ1n) is 21.4. The van der Waals surface area contributed by atoms with Crippen LogP contribution in [0.5, 0.6) is 0 Å². The van der Waals surface area contributed by atoms with E-state index in [-0.39, 0.29) is 0 Å². The molecule has 0 aliphatic heterocycles. The predicted molar refractivity (Wildman–Crippen MR) is 257 cm³/mol. The summed E-state index contributed by atoms with van der Waals surface area (Å²) >= 11 is 0. The van der Waals surface area contributed by atoms with Gasteiger partial charge in [0.1, 0.15) is 28.0 Å². The fraction of sp³-hybridized carbons (Fsp3) is 0.0351. The second-order valence-corrected chi connectivity index (χ2v) is 16.0. The van der Waals surface area contributed by atoms with Gasteiger partial charge in [-0.05, 0) is 71.5 Å². The van der Waals surface area contributed by atoms with Crippen LogP contribution in [0.25, 0.3) is 112 Å². The molecule has 0 spiro atoms. The molecule has 0 aliphatic rings. The van der Waals surface area contributed by atoms with Crippen LogP contribution in [0.15, 0.2) is 203 Å². The lowest BCUT2D eigenvalue weighted by molar-refractivity contribution is 0.666. The zero-order valence-corrected chi connectivity index (χ0v) is 34.7. The molecule has 0 radical (unpaired) electrons. The maximum atomic E-state index is 6.84. The molecule has 0 N–H and O–H groups in total. The summed E-state index contributed by atoms with van der Waals surface area (Å²) in [5.74, 6) is 2.28. The third-order valence-electron chi connectivity index (χ3n) is 12.0. The molecule has 0 atom stereocenters. The minimum atomic E-state index is 0.545. The molecular weight excluding hydrogens is 787 g/mol. The highest BCUT2D eigenvalue weighted by atomic mass is 16.3. The van der Waals surface area contributed by atoms with Gasteiger partial charge in [-0.15, -0.1) is 0 Å². The SMILES string of the molecule is Cc1ccccc1-c1c(Cc2ccccc2)cccc1-c1nc(-c2ccccc2)nc(-c2ccc3c(c2)oc2c(-c4nc(-c5ccccc5)c5oc6ccccc6c5n4)cccc23)n1. The molecule has 0 saturated carbocycles. The van der Waals surface area contributed by atoms with Gasteiger partial charge in [-0.3, -0.25) is 0 Å². The van der Waals surface area contributed by atoms with Gasteiger partial charge >= 0.3 is 0 Å². The third-order valence-corrected chi connectivity index (χ3v) is 12.0. The first-order chi connectivity index (χ1) is 31.6. The van der Waals surface area contributed by atoms with Gasteiger partial charge in [0.15, 0.2) is 28.9 Å². The fourth-order valence-corrected chi connectivity index (χ4v) is 8.88. The summed E-state index contributed by atoms with van der Waals surface area (Å²) in [5.41, 5.74) is 14.5. The molecule has 0 unspecified atom stereocenters. The largest absolute Gasteiger partial charge is 0.455 e. The number of fused-ring (bicyclic) bond motifs is 6. The van der Waals surface area contributed by atoms with Crippen molar-refractivity contribution in [1.29, 1.82) is 0 Å². The van der Waals surface area contributed by atoms with Crippen molar-refractivity contribution < 1.29 is 8.83 Å². The Balaban J connectivity index is 1.03. The van der Waals surface area contributed by atoms with Gasteiger partial charge in [0.2, 0.25) is 0 Å². The van der Waals surface area contributed by atoms with E-state index in [2.05, 4.69) is 97.9 Å². The Kier molecular flexibility index (Phi) is 8.97. The number of hydrogen-bond donors (Lipinski definition) is 0. The van der Waals surface area contributed by atoms with E-state index in [9.17, 15) is 0 Å². The smallest absolute Gasteiger partial charge is 0.180 e. The van der Waals surface area contributed by atoms with Crippen molar-refractivity contribution in [3.05, 3.63) is 211 Å². The Bertz CT molecular complexity index is 3710. The number of benzene rings is 8. The Hall–Kier alpha value is -8.55. The highest BCUT2D eigenvalue weighted by Gasteiger charge is 2.23. The molecule has 12 rings (SSSR count). The second kappa shape index (κ2) is 15.4. The van der Waals surface area contributed by atoms with Gasteiger partial charge in [-0.25, -0.2) is 24.9 Å². The topological polar surface area (TPSA) is 90.7 Å². The Labute approximate surface area is 368 Å². The molecule has 0 fully saturated rings. The predicted octanol–water partition coefficient (Wildman–Crippen LogP) is 14.4. The van der Waals surface area contributed by atoms with Gasteiger partial charge in [0.05, 0.1) is 5.56 Å². The molecule has 0 saturated heterocycles. The molecule has 0 bridgehead atoms. The van der Waals surface area contributed by atoms with Crippen LogP contribution in [0.1, 0.15) is 16.7 Å². The number of para-hydroxylation sites is 2. The van der Waals surface area contributed by atoms with Gasteiger partial charge in [0, 0.05) is 38.4 Å². The molecule has 7 nitrogen and oxygen atoms in total. The van der Waals surface area contributed by atoms with Crippen molar-refractivity contribution in [2.75, 3.05) is 0 Å². The van der Waals surface area contributed by atoms with Crippen LogP contribution in [-0.4, -0.2) is 24.9 Å². The third kappa shape index (κ3) is 6.50. The van der Waals surface area contributed by atoms with Crippen molar-refractivity contribution >= 4 is 44.0 Å². The number of rotatable bonds is 8. The van der Waals surface area contributed by atoms with E-state index in [1.54, 1.807) is 0 Å². The summed E-state index contributed by atoms with van der Waals surface area (Å²) in [6.45, 7) is 2.16. The highest BCUT2D eigenvalue weighted by molar-refractivity contribution is 6.11. The van der Waals surface area contributed by atoms with Crippen LogP contribution >= 0.6 is 0 Å². The number of aromatic nitrogens is 5. The average Bonchev–Trinajstić information content (AvgIpc) is 3.93. The van der Waals surface area contributed by atoms with E-state index >= 15 is 0 Å². The number of nitrogens with zero attached hydrogens (tertiary/aromatic N) is 5. The van der Waals surface area contributed by atoms with Crippen molar-refractivity contribution in [3.8, 4) is 67.9 Å². The molecule has 12 aromatic rings. The molecule has 302 valence electrons. The quantitative estimate of drug-likeness (QED) is 0.151. The summed E-state index contributed by atoms with van der Waals surface area (Å²) in [6, 6.07) is 66.1. The van der Waals surface area contributed by atoms with Crippen LogP contribution in [-0.2, 0) is 6.42 Å². The first kappa shape index (κ1) is 37.2. The average molecular weight is 824 g/mol. The highest BCUT2D eigenvalue weighted by Crippen LogP contribution is 2.41. The van der Waals surface area contributed by atoms with Crippen LogP contribution < -0.4 is 0 Å². The Morgan fingerprint density at radius 3 is 1.81 bits per heavy atom. The monoisotopic (exact) mass is 823 g/mol. The minimum absolute atomic E-state index is 0.545. The lowest BCUT2D eigenvalue weighted by atomic mass is 9.88. The standard InChI is InChI=1S/C57H37N5O2/c1-35-17-11-12-25-41(35)49-39(33-36-18-5-2-6-19-36)24-15-28-45(49)56-61-54(38-22-9-4-10-23-38)60-55(62-56)40-31-32-42-43-27-16-29-46(52(43)64-48(42)34-40)57-58-50(37-20-7-3-8-21-37)53-51(59-57)44-26-13-14-30-47(44)63-53/h2-32,34H,33H2,1H3. The molecule has 7 heteroatoms. The minimum Gasteiger partial charge on any atom is -0.455 e. The van der Waals surface area contributed by atoms with E-state index in [4.69, 9.17) is 33.8 Å². The zero-order chi connectivity index (χ0) is 42.6. The molecule has 8 aromatic carbocycles. The van der Waals surface area contributed by atoms with E-state index in [0.29, 0.717) is 40.0 Å². The number of furan rings is 2. The summed E-state index contributed by atoms with van der Waals surface area (Å²) in [4.78, 5) is 25.9. The Morgan fingerprint density at radius 1 is 0.391 bits per heavy atom. The van der Waals surface area contributed by atoms with Gasteiger partial charge in [0.25, 0.3) is 0 Å². The normalized spacial score (nSPS) is 11.6. The van der Waals surface area contributed by atoms with E-state index in [1.807, 2.05) is 103 Å². The summed E-state index contributed by atoms with van der Waals surface area (Å²) in [6.07, 6.45) is 0.762. The number of aryl methyl sites for hydroxylation is 1. The molecule has 0 aliphatic carbocycles. The lowest BCUT2D eigenvalue weighted by Crippen LogP contribution is -2.03. The molecular formula is C57H37N5O2. The maximum Gasteiger partial charge on any atom is 0.180 e. The fourth-order valence-electron chi connectivity index (χ4n) is 8.88. The van der Waals surface area contributed by atoms with Gasteiger partial charge < -0.3 is 8.83 Å². The second-order valence-electron chi connectivity index (χ2n) is 16.0. The van der Waals surface area contributed by atoms with Crippen LogP contribution in [0.3, 0.4) is 0 Å². The molecule has 4 aromatic heterocycles. The van der Waals surface area contributed by atoms with Gasteiger partial charge in [-0.1, -0.05) is 164 Å². The van der Waals surface area contributed by atoms with E-state index < -0.39 is 0 Å². The van der Waals surface area contributed by atoms with E-state index in [1.165, 1.54) is 16.7 Å². The van der Waals surface area contributed by atoms with Gasteiger partial charge in [-0.2, -0.15) is 0 Å². The lowest BCUT2D eigenvalue weighted by Gasteiger charge is -2.18. The maximum absolute atomic E-state index is 6.84. The molecule has 4 heterocycles. The molecule has 64 heavy (non-hydrogen) atoms. The first-order valence-corrected chi connectivity index (χ1v) is 21.4. The van der Waals surface area contributed by atoms with Crippen molar-refractivity contribution in [2.24, 2.45) is 0 Å². The summed E-state index contributed by atoms with van der Waals surface area (Å²) < 4.78 is 13.2. The summed E-state index contributed by atoms with van der Waals surface area (Å²) in [5, 5.41) is 2.85. The van der Waals surface area contributed by atoms with Crippen LogP contribution in [0.2, 0.25) is 0 Å². The Morgan fingerprint density at radius 2 is 1.00 bits per heavy atom. The van der Waals surface area contributed by atoms with E-state index in [0.717, 1.165) is 78.3 Å². The molecule has 0 amide bonds. The summed E-state index contributed by atoms with van der Waals surface area (Å²) in [7, 11) is 0. The van der Waals surface area contributed by atoms with Crippen LogP contribution in [0.4, 0.5) is 0 Å². The van der Waals surface area contributed by atoms with Crippen molar-refractivity contribution in [2.45, 2.75) is 13.3 Å².